The molecule has 2 fully saturated rings. The monoisotopic (exact) mass is 307 g/mol. The summed E-state index contributed by atoms with van der Waals surface area (Å²) in [5, 5.41) is 9.98. The Kier molecular flexibility index (Phi) is 5.60. The quantitative estimate of drug-likeness (QED) is 0.457. The Balaban J connectivity index is 0.000000295. The van der Waals surface area contributed by atoms with Crippen LogP contribution in [0.3, 0.4) is 0 Å². The fourth-order valence-electron chi connectivity index (χ4n) is 3.78. The van der Waals surface area contributed by atoms with Gasteiger partial charge in [-0.2, -0.15) is 0 Å². The van der Waals surface area contributed by atoms with Gasteiger partial charge in [-0.05, 0) is 43.6 Å². The van der Waals surface area contributed by atoms with Crippen LogP contribution >= 0.6 is 0 Å². The average Bonchev–Trinajstić information content (AvgIpc) is 2.70. The van der Waals surface area contributed by atoms with Crippen LogP contribution in [-0.2, 0) is 14.3 Å². The zero-order valence-electron chi connectivity index (χ0n) is 14.3. The maximum absolute atomic E-state index is 11.3. The van der Waals surface area contributed by atoms with E-state index in [1.165, 1.54) is 32.8 Å². The molecule has 4 heteroatoms. The second-order valence-corrected chi connectivity index (χ2v) is 7.11. The van der Waals surface area contributed by atoms with Gasteiger partial charge in [-0.15, -0.1) is 5.76 Å². The van der Waals surface area contributed by atoms with Crippen molar-refractivity contribution in [3.8, 4) is 0 Å². The number of esters is 1. The summed E-state index contributed by atoms with van der Waals surface area (Å²) >= 11 is 0. The molecule has 0 aromatic rings. The van der Waals surface area contributed by atoms with E-state index in [0.29, 0.717) is 11.3 Å². The number of carbonyl (C=O) groups excluding carboxylic acids is 2. The molecule has 0 aliphatic heterocycles. The highest BCUT2D eigenvalue weighted by molar-refractivity contribution is 5.87. The predicted octanol–water partition coefficient (Wildman–Crippen LogP) is 2.77. The normalized spacial score (nSPS) is 32.0. The predicted molar refractivity (Wildman–Crippen MR) is 83.7 cm³/mol. The van der Waals surface area contributed by atoms with Gasteiger partial charge in [0.05, 0.1) is 0 Å². The van der Waals surface area contributed by atoms with Gasteiger partial charge in [0, 0.05) is 11.5 Å². The zero-order chi connectivity index (χ0) is 17.1. The Morgan fingerprint density at radius 1 is 1.27 bits per heavy atom. The molecule has 2 saturated carbocycles. The molecule has 0 radical (unpaired) electrons. The second-order valence-electron chi connectivity index (χ2n) is 7.11. The van der Waals surface area contributed by atoms with Gasteiger partial charge in [-0.3, -0.25) is 4.79 Å². The van der Waals surface area contributed by atoms with Crippen LogP contribution in [0, 0.1) is 16.7 Å². The van der Waals surface area contributed by atoms with Gasteiger partial charge in [-0.1, -0.05) is 34.3 Å². The van der Waals surface area contributed by atoms with Crippen molar-refractivity contribution in [2.45, 2.75) is 60.0 Å². The van der Waals surface area contributed by atoms with Crippen LogP contribution in [0.1, 0.15) is 53.9 Å². The number of hydrogen-bond acceptors (Lipinski definition) is 4. The lowest BCUT2D eigenvalue weighted by Crippen LogP contribution is -2.38. The molecule has 2 rings (SSSR count). The van der Waals surface area contributed by atoms with Crippen molar-refractivity contribution in [3.05, 3.63) is 24.5 Å². The first kappa shape index (κ1) is 18.5. The third-order valence-electron chi connectivity index (χ3n) is 5.55. The minimum Gasteiger partial charge on any atom is -0.876 e. The standard InChI is InChI=1S/C13H20O2.C5H8O2/c1-5-11(14)15-10-8-9-6-7-13(10,4)12(9,2)3;1-4(6)3-5(2)7/h5,9-10H,1,6-8H2,2-4H3;3,6H,1-2H3/p-1/t9-,10?,13+;/m0./s1. The Bertz CT molecular complexity index is 485. The van der Waals surface area contributed by atoms with E-state index in [2.05, 4.69) is 27.4 Å². The highest BCUT2D eigenvalue weighted by Crippen LogP contribution is 2.66. The van der Waals surface area contributed by atoms with Crippen LogP contribution in [0.15, 0.2) is 24.5 Å². The molecule has 0 spiro atoms. The topological polar surface area (TPSA) is 66.4 Å². The summed E-state index contributed by atoms with van der Waals surface area (Å²) in [6.07, 6.45) is 5.91. The lowest BCUT2D eigenvalue weighted by Gasteiger charge is -2.38. The molecule has 0 amide bonds. The van der Waals surface area contributed by atoms with Gasteiger partial charge in [-0.25, -0.2) is 4.79 Å². The zero-order valence-corrected chi connectivity index (χ0v) is 14.3. The van der Waals surface area contributed by atoms with Crippen molar-refractivity contribution >= 4 is 11.8 Å². The van der Waals surface area contributed by atoms with E-state index < -0.39 is 0 Å². The van der Waals surface area contributed by atoms with Crippen LogP contribution in [0.2, 0.25) is 0 Å². The van der Waals surface area contributed by atoms with Crippen molar-refractivity contribution in [2.24, 2.45) is 16.7 Å². The summed E-state index contributed by atoms with van der Waals surface area (Å²) in [5.41, 5.74) is 0.468. The first-order chi connectivity index (χ1) is 10.0. The summed E-state index contributed by atoms with van der Waals surface area (Å²) in [6.45, 7) is 13.0. The summed E-state index contributed by atoms with van der Waals surface area (Å²) in [5.74, 6) is 0.0645. The molecule has 0 saturated heterocycles. The van der Waals surface area contributed by atoms with Gasteiger partial charge in [0.25, 0.3) is 0 Å². The summed E-state index contributed by atoms with van der Waals surface area (Å²) in [7, 11) is 0. The van der Waals surface area contributed by atoms with Gasteiger partial charge in [0.15, 0.2) is 5.78 Å². The van der Waals surface area contributed by atoms with Crippen molar-refractivity contribution in [1.82, 2.24) is 0 Å². The molecular weight excluding hydrogens is 280 g/mol. The highest BCUT2D eigenvalue weighted by atomic mass is 16.5. The Morgan fingerprint density at radius 2 is 1.86 bits per heavy atom. The first-order valence-electron chi connectivity index (χ1n) is 7.73. The Labute approximate surface area is 133 Å². The fourth-order valence-corrected chi connectivity index (χ4v) is 3.78. The minimum absolute atomic E-state index is 0.0942. The molecule has 2 bridgehead atoms. The third kappa shape index (κ3) is 3.60. The van der Waals surface area contributed by atoms with Crippen molar-refractivity contribution in [3.63, 3.8) is 0 Å². The smallest absolute Gasteiger partial charge is 0.330 e. The molecule has 0 aromatic heterocycles. The van der Waals surface area contributed by atoms with Crippen LogP contribution in [0.5, 0.6) is 0 Å². The summed E-state index contributed by atoms with van der Waals surface area (Å²) in [6, 6.07) is 0. The van der Waals surface area contributed by atoms with Crippen LogP contribution in [0.4, 0.5) is 0 Å². The second kappa shape index (κ2) is 6.67. The van der Waals surface area contributed by atoms with Crippen LogP contribution in [-0.4, -0.2) is 17.9 Å². The maximum atomic E-state index is 11.3. The maximum Gasteiger partial charge on any atom is 0.330 e. The number of rotatable bonds is 3. The molecule has 124 valence electrons. The van der Waals surface area contributed by atoms with Gasteiger partial charge < -0.3 is 9.84 Å². The number of ketones is 1. The number of carbonyl (C=O) groups is 2. The molecule has 2 aliphatic carbocycles. The van der Waals surface area contributed by atoms with Gasteiger partial charge in [0.1, 0.15) is 6.10 Å². The molecule has 1 unspecified atom stereocenters. The number of allylic oxidation sites excluding steroid dienone is 2. The third-order valence-corrected chi connectivity index (χ3v) is 5.55. The van der Waals surface area contributed by atoms with Crippen molar-refractivity contribution < 1.29 is 19.4 Å². The molecule has 0 heterocycles. The van der Waals surface area contributed by atoms with Crippen molar-refractivity contribution in [1.29, 1.82) is 0 Å². The van der Waals surface area contributed by atoms with E-state index in [9.17, 15) is 14.7 Å². The van der Waals surface area contributed by atoms with E-state index in [1.807, 2.05) is 0 Å². The molecule has 0 aromatic carbocycles. The summed E-state index contributed by atoms with van der Waals surface area (Å²) < 4.78 is 5.48. The summed E-state index contributed by atoms with van der Waals surface area (Å²) in [4.78, 5) is 21.2. The van der Waals surface area contributed by atoms with Crippen LogP contribution in [0.25, 0.3) is 0 Å². The average molecular weight is 307 g/mol. The lowest BCUT2D eigenvalue weighted by atomic mass is 9.70. The molecule has 2 aliphatic rings. The van der Waals surface area contributed by atoms with Crippen LogP contribution < -0.4 is 5.11 Å². The SMILES string of the molecule is C=CC(=O)OC1C[C@@H]2CC[C@@]1(C)C2(C)C.CC(=O)C=C(C)[O-]. The number of ether oxygens (including phenoxy) is 1. The fraction of sp³-hybridized carbons (Fsp3) is 0.667. The van der Waals surface area contributed by atoms with E-state index >= 15 is 0 Å². The number of fused-ring (bicyclic) bond motifs is 2. The van der Waals surface area contributed by atoms with E-state index in [0.717, 1.165) is 12.5 Å². The lowest BCUT2D eigenvalue weighted by molar-refractivity contribution is -0.301. The van der Waals surface area contributed by atoms with Gasteiger partial charge in [0.2, 0.25) is 0 Å². The molecule has 0 N–H and O–H groups in total. The van der Waals surface area contributed by atoms with E-state index in [4.69, 9.17) is 4.74 Å². The molecule has 3 atom stereocenters. The molecular formula is C18H27O4-. The molecule has 4 nitrogen and oxygen atoms in total. The minimum atomic E-state index is -0.274. The van der Waals surface area contributed by atoms with Gasteiger partial charge >= 0.3 is 5.97 Å². The highest BCUT2D eigenvalue weighted by Gasteiger charge is 2.62. The largest absolute Gasteiger partial charge is 0.876 e. The first-order valence-corrected chi connectivity index (χ1v) is 7.73. The Morgan fingerprint density at radius 3 is 2.14 bits per heavy atom. The Hall–Kier alpha value is -1.58. The number of hydrogen-bond donors (Lipinski definition) is 0. The van der Waals surface area contributed by atoms with E-state index in [1.54, 1.807) is 0 Å². The van der Waals surface area contributed by atoms with E-state index in [-0.39, 0.29) is 29.0 Å². The molecule has 22 heavy (non-hydrogen) atoms. The van der Waals surface area contributed by atoms with Crippen molar-refractivity contribution in [2.75, 3.05) is 0 Å².